The van der Waals surface area contributed by atoms with Crippen molar-refractivity contribution in [3.63, 3.8) is 0 Å². The van der Waals surface area contributed by atoms with Crippen molar-refractivity contribution in [2.24, 2.45) is 0 Å². The standard InChI is InChI=1S/C16H12Cl2N2O2/c17-12-6-5-10(8-13(12)18)19-16(22)14-7-9-3-1-2-4-11(9)15(21)20-14/h1-6,8,14H,7H2,(H,19,22)(H,20,21). The first-order chi connectivity index (χ1) is 10.5. The molecule has 1 aliphatic heterocycles. The van der Waals surface area contributed by atoms with E-state index in [4.69, 9.17) is 23.2 Å². The lowest BCUT2D eigenvalue weighted by Gasteiger charge is -2.24. The van der Waals surface area contributed by atoms with Crippen LogP contribution in [0.3, 0.4) is 0 Å². The van der Waals surface area contributed by atoms with E-state index in [0.717, 1.165) is 5.56 Å². The van der Waals surface area contributed by atoms with Crippen LogP contribution in [0.1, 0.15) is 15.9 Å². The Balaban J connectivity index is 1.76. The molecule has 22 heavy (non-hydrogen) atoms. The molecule has 4 nitrogen and oxygen atoms in total. The minimum atomic E-state index is -0.614. The zero-order valence-electron chi connectivity index (χ0n) is 11.4. The maximum Gasteiger partial charge on any atom is 0.252 e. The number of hydrogen-bond acceptors (Lipinski definition) is 2. The van der Waals surface area contributed by atoms with Gasteiger partial charge in [-0.3, -0.25) is 9.59 Å². The summed E-state index contributed by atoms with van der Waals surface area (Å²) in [5.41, 5.74) is 2.01. The summed E-state index contributed by atoms with van der Waals surface area (Å²) in [5.74, 6) is -0.530. The molecule has 0 radical (unpaired) electrons. The van der Waals surface area contributed by atoms with E-state index in [-0.39, 0.29) is 11.8 Å². The summed E-state index contributed by atoms with van der Waals surface area (Å²) in [7, 11) is 0. The fourth-order valence-electron chi connectivity index (χ4n) is 2.39. The molecule has 1 heterocycles. The van der Waals surface area contributed by atoms with Crippen LogP contribution in [-0.2, 0) is 11.2 Å². The van der Waals surface area contributed by atoms with E-state index in [1.54, 1.807) is 30.3 Å². The minimum absolute atomic E-state index is 0.240. The van der Waals surface area contributed by atoms with E-state index < -0.39 is 6.04 Å². The molecule has 2 aromatic carbocycles. The minimum Gasteiger partial charge on any atom is -0.340 e. The topological polar surface area (TPSA) is 58.2 Å². The Morgan fingerprint density at radius 3 is 2.68 bits per heavy atom. The highest BCUT2D eigenvalue weighted by molar-refractivity contribution is 6.42. The Kier molecular flexibility index (Phi) is 4.05. The molecule has 3 rings (SSSR count). The number of carbonyl (C=O) groups is 2. The zero-order chi connectivity index (χ0) is 15.7. The Labute approximate surface area is 137 Å². The molecule has 112 valence electrons. The molecule has 1 aliphatic rings. The number of anilines is 1. The lowest BCUT2D eigenvalue weighted by atomic mass is 9.95. The third-order valence-electron chi connectivity index (χ3n) is 3.49. The van der Waals surface area contributed by atoms with Crippen LogP contribution in [0, 0.1) is 0 Å². The van der Waals surface area contributed by atoms with Crippen molar-refractivity contribution in [3.05, 3.63) is 63.6 Å². The molecule has 0 aromatic heterocycles. The van der Waals surface area contributed by atoms with Gasteiger partial charge in [-0.15, -0.1) is 0 Å². The first kappa shape index (κ1) is 14.9. The van der Waals surface area contributed by atoms with Crippen molar-refractivity contribution in [1.29, 1.82) is 0 Å². The normalized spacial score (nSPS) is 16.6. The van der Waals surface area contributed by atoms with Gasteiger partial charge in [0.2, 0.25) is 5.91 Å². The molecule has 2 amide bonds. The highest BCUT2D eigenvalue weighted by Crippen LogP contribution is 2.25. The van der Waals surface area contributed by atoms with Gasteiger partial charge in [0.25, 0.3) is 5.91 Å². The Hall–Kier alpha value is -2.04. The molecule has 0 aliphatic carbocycles. The predicted octanol–water partition coefficient (Wildman–Crippen LogP) is 3.29. The quantitative estimate of drug-likeness (QED) is 0.885. The second kappa shape index (κ2) is 5.99. The molecule has 0 spiro atoms. The first-order valence-corrected chi connectivity index (χ1v) is 7.45. The fourth-order valence-corrected chi connectivity index (χ4v) is 2.69. The van der Waals surface area contributed by atoms with Crippen LogP contribution in [0.2, 0.25) is 10.0 Å². The van der Waals surface area contributed by atoms with Gasteiger partial charge >= 0.3 is 0 Å². The van der Waals surface area contributed by atoms with Gasteiger partial charge in [-0.1, -0.05) is 41.4 Å². The lowest BCUT2D eigenvalue weighted by molar-refractivity contribution is -0.118. The maximum atomic E-state index is 12.3. The van der Waals surface area contributed by atoms with Crippen LogP contribution in [0.15, 0.2) is 42.5 Å². The molecule has 0 saturated carbocycles. The maximum absolute atomic E-state index is 12.3. The van der Waals surface area contributed by atoms with Gasteiger partial charge in [-0.05, 0) is 29.8 Å². The number of amides is 2. The Bertz CT molecular complexity index is 762. The summed E-state index contributed by atoms with van der Waals surface area (Å²) in [6.45, 7) is 0. The summed E-state index contributed by atoms with van der Waals surface area (Å²) >= 11 is 11.8. The van der Waals surface area contributed by atoms with E-state index in [0.29, 0.717) is 27.7 Å². The number of benzene rings is 2. The van der Waals surface area contributed by atoms with Crippen molar-refractivity contribution in [3.8, 4) is 0 Å². The van der Waals surface area contributed by atoms with E-state index in [9.17, 15) is 9.59 Å². The number of nitrogens with one attached hydrogen (secondary N) is 2. The molecular weight excluding hydrogens is 323 g/mol. The lowest BCUT2D eigenvalue weighted by Crippen LogP contribution is -2.48. The third kappa shape index (κ3) is 2.93. The van der Waals surface area contributed by atoms with Crippen LogP contribution in [0.4, 0.5) is 5.69 Å². The fraction of sp³-hybridized carbons (Fsp3) is 0.125. The van der Waals surface area contributed by atoms with Gasteiger partial charge in [-0.2, -0.15) is 0 Å². The van der Waals surface area contributed by atoms with Gasteiger partial charge in [0.1, 0.15) is 6.04 Å². The van der Waals surface area contributed by atoms with Crippen molar-refractivity contribution < 1.29 is 9.59 Å². The smallest absolute Gasteiger partial charge is 0.252 e. The highest BCUT2D eigenvalue weighted by Gasteiger charge is 2.28. The molecular formula is C16H12Cl2N2O2. The van der Waals surface area contributed by atoms with Crippen LogP contribution in [0.25, 0.3) is 0 Å². The SMILES string of the molecule is O=C1NC(C(=O)Nc2ccc(Cl)c(Cl)c2)Cc2ccccc21. The number of hydrogen-bond donors (Lipinski definition) is 2. The average Bonchev–Trinajstić information content (AvgIpc) is 2.51. The summed E-state index contributed by atoms with van der Waals surface area (Å²) < 4.78 is 0. The molecule has 6 heteroatoms. The van der Waals surface area contributed by atoms with E-state index in [1.165, 1.54) is 0 Å². The average molecular weight is 335 g/mol. The summed E-state index contributed by atoms with van der Waals surface area (Å²) in [6.07, 6.45) is 0.453. The molecule has 2 N–H and O–H groups in total. The molecule has 1 atom stereocenters. The molecule has 1 unspecified atom stereocenters. The van der Waals surface area contributed by atoms with Gasteiger partial charge in [0.05, 0.1) is 10.0 Å². The van der Waals surface area contributed by atoms with Crippen molar-refractivity contribution >= 4 is 40.7 Å². The number of halogens is 2. The Morgan fingerprint density at radius 2 is 1.91 bits per heavy atom. The van der Waals surface area contributed by atoms with Gasteiger partial charge in [0, 0.05) is 17.7 Å². The van der Waals surface area contributed by atoms with Crippen LogP contribution >= 0.6 is 23.2 Å². The molecule has 2 aromatic rings. The predicted molar refractivity (Wildman–Crippen MR) is 86.5 cm³/mol. The van der Waals surface area contributed by atoms with E-state index in [2.05, 4.69) is 10.6 Å². The van der Waals surface area contributed by atoms with Crippen LogP contribution in [0.5, 0.6) is 0 Å². The third-order valence-corrected chi connectivity index (χ3v) is 4.23. The van der Waals surface area contributed by atoms with Crippen LogP contribution in [-0.4, -0.2) is 17.9 Å². The second-order valence-electron chi connectivity index (χ2n) is 5.01. The second-order valence-corrected chi connectivity index (χ2v) is 5.82. The van der Waals surface area contributed by atoms with E-state index >= 15 is 0 Å². The van der Waals surface area contributed by atoms with Crippen LogP contribution < -0.4 is 10.6 Å². The molecule has 0 bridgehead atoms. The van der Waals surface area contributed by atoms with Crippen molar-refractivity contribution in [2.75, 3.05) is 5.32 Å². The zero-order valence-corrected chi connectivity index (χ0v) is 12.9. The summed E-state index contributed by atoms with van der Waals surface area (Å²) in [5, 5.41) is 6.22. The van der Waals surface area contributed by atoms with Crippen molar-refractivity contribution in [2.45, 2.75) is 12.5 Å². The summed E-state index contributed by atoms with van der Waals surface area (Å²) in [4.78, 5) is 24.3. The van der Waals surface area contributed by atoms with E-state index in [1.807, 2.05) is 12.1 Å². The molecule has 0 fully saturated rings. The van der Waals surface area contributed by atoms with Crippen molar-refractivity contribution in [1.82, 2.24) is 5.32 Å². The number of rotatable bonds is 2. The monoisotopic (exact) mass is 334 g/mol. The van der Waals surface area contributed by atoms with Gasteiger partial charge < -0.3 is 10.6 Å². The molecule has 0 saturated heterocycles. The largest absolute Gasteiger partial charge is 0.340 e. The van der Waals surface area contributed by atoms with Gasteiger partial charge in [0.15, 0.2) is 0 Å². The number of carbonyl (C=O) groups excluding carboxylic acids is 2. The first-order valence-electron chi connectivity index (χ1n) is 6.69. The summed E-state index contributed by atoms with van der Waals surface area (Å²) in [6, 6.07) is 11.5. The Morgan fingerprint density at radius 1 is 1.14 bits per heavy atom. The van der Waals surface area contributed by atoms with Gasteiger partial charge in [-0.25, -0.2) is 0 Å². The highest BCUT2D eigenvalue weighted by atomic mass is 35.5. The number of fused-ring (bicyclic) bond motifs is 1.